The van der Waals surface area contributed by atoms with Gasteiger partial charge >= 0.3 is 6.18 Å². The van der Waals surface area contributed by atoms with Gasteiger partial charge in [-0.3, -0.25) is 0 Å². The van der Waals surface area contributed by atoms with Gasteiger partial charge in [-0.15, -0.1) is 0 Å². The Morgan fingerprint density at radius 1 is 1.00 bits per heavy atom. The van der Waals surface area contributed by atoms with Crippen LogP contribution in [0.15, 0.2) is 47.4 Å². The summed E-state index contributed by atoms with van der Waals surface area (Å²) >= 11 is 0. The van der Waals surface area contributed by atoms with Gasteiger partial charge in [0.15, 0.2) is 0 Å². The van der Waals surface area contributed by atoms with Gasteiger partial charge in [0.25, 0.3) is 0 Å². The van der Waals surface area contributed by atoms with E-state index in [9.17, 15) is 21.6 Å². The van der Waals surface area contributed by atoms with Crippen LogP contribution in [0.2, 0.25) is 0 Å². The lowest BCUT2D eigenvalue weighted by atomic mass is 10.00. The zero-order valence-electron chi connectivity index (χ0n) is 18.1. The number of ether oxygens (including phenoxy) is 1. The normalized spacial score (nSPS) is 19.3. The van der Waals surface area contributed by atoms with Crippen molar-refractivity contribution < 1.29 is 26.3 Å². The van der Waals surface area contributed by atoms with E-state index in [-0.39, 0.29) is 17.7 Å². The number of hydrogen-bond donors (Lipinski definition) is 3. The van der Waals surface area contributed by atoms with Crippen molar-refractivity contribution in [3.63, 3.8) is 0 Å². The molecular formula is C23H28F3N3O3S. The summed E-state index contributed by atoms with van der Waals surface area (Å²) in [5.41, 5.74) is 0.985. The third-order valence-electron chi connectivity index (χ3n) is 5.88. The molecule has 2 aliphatic rings. The zero-order valence-corrected chi connectivity index (χ0v) is 18.9. The van der Waals surface area contributed by atoms with Crippen LogP contribution >= 0.6 is 0 Å². The zero-order chi connectivity index (χ0) is 23.5. The summed E-state index contributed by atoms with van der Waals surface area (Å²) in [6, 6.07) is 9.84. The molecule has 2 aromatic carbocycles. The van der Waals surface area contributed by atoms with Gasteiger partial charge in [0, 0.05) is 30.1 Å². The maximum absolute atomic E-state index is 13.0. The van der Waals surface area contributed by atoms with Crippen LogP contribution in [-0.4, -0.2) is 28.2 Å². The molecule has 1 saturated carbocycles. The third kappa shape index (κ3) is 6.39. The molecule has 0 aromatic heterocycles. The topological polar surface area (TPSA) is 79.5 Å². The highest BCUT2D eigenvalue weighted by Crippen LogP contribution is 2.35. The molecule has 3 N–H and O–H groups in total. The van der Waals surface area contributed by atoms with E-state index in [0.29, 0.717) is 30.4 Å². The molecular weight excluding hydrogens is 455 g/mol. The molecule has 2 aromatic rings. The molecule has 1 atom stereocenters. The fourth-order valence-electron chi connectivity index (χ4n) is 3.80. The Labute approximate surface area is 192 Å². The van der Waals surface area contributed by atoms with Crippen molar-refractivity contribution in [2.75, 3.05) is 30.5 Å². The molecule has 33 heavy (non-hydrogen) atoms. The highest BCUT2D eigenvalue weighted by molar-refractivity contribution is 7.89. The maximum Gasteiger partial charge on any atom is 0.416 e. The van der Waals surface area contributed by atoms with E-state index >= 15 is 0 Å². The summed E-state index contributed by atoms with van der Waals surface area (Å²) in [6.45, 7) is 1.17. The lowest BCUT2D eigenvalue weighted by molar-refractivity contribution is -0.137. The summed E-state index contributed by atoms with van der Waals surface area (Å²) in [6.07, 6.45) is 0.298. The Bertz CT molecular complexity index is 1070. The lowest BCUT2D eigenvalue weighted by Crippen LogP contribution is -2.26. The molecule has 1 unspecified atom stereocenters. The maximum atomic E-state index is 13.0. The quantitative estimate of drug-likeness (QED) is 0.432. The highest BCUT2D eigenvalue weighted by Gasteiger charge is 2.30. The molecule has 0 amide bonds. The minimum atomic E-state index is -4.42. The molecule has 1 aliphatic carbocycles. The van der Waals surface area contributed by atoms with Crippen LogP contribution in [0.25, 0.3) is 0 Å². The summed E-state index contributed by atoms with van der Waals surface area (Å²) in [5.74, 6) is 0.406. The van der Waals surface area contributed by atoms with Crippen molar-refractivity contribution in [1.29, 1.82) is 0 Å². The van der Waals surface area contributed by atoms with Crippen LogP contribution < -0.4 is 15.4 Å². The first-order chi connectivity index (χ1) is 15.7. The number of hydrogen-bond acceptors (Lipinski definition) is 5. The SMILES string of the molecule is O=S(=O)(NCC1CC1)c1ccc(C2CCCCO2)c(NCNc2cccc(C(F)(F)F)c2)c1. The van der Waals surface area contributed by atoms with Crippen molar-refractivity contribution in [3.8, 4) is 0 Å². The number of halogens is 3. The van der Waals surface area contributed by atoms with Gasteiger partial charge in [0.1, 0.15) is 0 Å². The molecule has 6 nitrogen and oxygen atoms in total. The predicted octanol–water partition coefficient (Wildman–Crippen LogP) is 5.12. The molecule has 1 aliphatic heterocycles. The smallest absolute Gasteiger partial charge is 0.373 e. The molecule has 10 heteroatoms. The Hall–Kier alpha value is -2.30. The van der Waals surface area contributed by atoms with Crippen LogP contribution in [0.5, 0.6) is 0 Å². The van der Waals surface area contributed by atoms with Gasteiger partial charge in [-0.25, -0.2) is 13.1 Å². The van der Waals surface area contributed by atoms with E-state index in [0.717, 1.165) is 49.8 Å². The first-order valence-electron chi connectivity index (χ1n) is 11.1. The average molecular weight is 484 g/mol. The number of anilines is 2. The molecule has 0 radical (unpaired) electrons. The van der Waals surface area contributed by atoms with Crippen molar-refractivity contribution in [2.24, 2.45) is 5.92 Å². The second kappa shape index (κ2) is 9.90. The van der Waals surface area contributed by atoms with E-state index in [1.807, 2.05) is 0 Å². The number of benzene rings is 2. The largest absolute Gasteiger partial charge is 0.416 e. The molecule has 2 fully saturated rings. The Kier molecular flexibility index (Phi) is 7.16. The van der Waals surface area contributed by atoms with E-state index in [1.165, 1.54) is 6.07 Å². The van der Waals surface area contributed by atoms with Crippen LogP contribution in [-0.2, 0) is 20.9 Å². The first-order valence-corrected chi connectivity index (χ1v) is 12.6. The minimum absolute atomic E-state index is 0.111. The fraction of sp³-hybridized carbons (Fsp3) is 0.478. The van der Waals surface area contributed by atoms with E-state index in [1.54, 1.807) is 24.3 Å². The lowest BCUT2D eigenvalue weighted by Gasteiger charge is -2.26. The molecule has 0 bridgehead atoms. The van der Waals surface area contributed by atoms with E-state index in [4.69, 9.17) is 4.74 Å². The van der Waals surface area contributed by atoms with Crippen molar-refractivity contribution in [3.05, 3.63) is 53.6 Å². The molecule has 4 rings (SSSR count). The summed E-state index contributed by atoms with van der Waals surface area (Å²) < 4.78 is 72.9. The van der Waals surface area contributed by atoms with Crippen molar-refractivity contribution in [1.82, 2.24) is 4.72 Å². The van der Waals surface area contributed by atoms with Gasteiger partial charge in [0.05, 0.1) is 23.2 Å². The van der Waals surface area contributed by atoms with Crippen LogP contribution in [0.3, 0.4) is 0 Å². The average Bonchev–Trinajstić information content (AvgIpc) is 3.63. The fourth-order valence-corrected chi connectivity index (χ4v) is 4.94. The number of nitrogens with one attached hydrogen (secondary N) is 3. The second-order valence-electron chi connectivity index (χ2n) is 8.51. The highest BCUT2D eigenvalue weighted by atomic mass is 32.2. The first kappa shape index (κ1) is 23.8. The standard InChI is InChI=1S/C23H28F3N3O3S/c24-23(25,26)17-4-3-5-18(12-17)27-15-28-21-13-19(33(30,31)29-14-16-7-8-16)9-10-20(21)22-6-1-2-11-32-22/h3-5,9-10,12-13,16,22,27-29H,1-2,6-8,11,14-15H2. The summed E-state index contributed by atoms with van der Waals surface area (Å²) in [7, 11) is -3.66. The molecule has 180 valence electrons. The number of rotatable bonds is 9. The minimum Gasteiger partial charge on any atom is -0.373 e. The molecule has 1 saturated heterocycles. The molecule has 0 spiro atoms. The van der Waals surface area contributed by atoms with Crippen LogP contribution in [0.4, 0.5) is 24.5 Å². The summed E-state index contributed by atoms with van der Waals surface area (Å²) in [4.78, 5) is 0.143. The predicted molar refractivity (Wildman–Crippen MR) is 120 cm³/mol. The van der Waals surface area contributed by atoms with Gasteiger partial charge in [-0.05, 0) is 68.4 Å². The van der Waals surface area contributed by atoms with Gasteiger partial charge in [0.2, 0.25) is 10.0 Å². The Balaban J connectivity index is 1.51. The van der Waals surface area contributed by atoms with Crippen molar-refractivity contribution >= 4 is 21.4 Å². The Morgan fingerprint density at radius 3 is 2.52 bits per heavy atom. The van der Waals surface area contributed by atoms with Gasteiger partial charge < -0.3 is 15.4 Å². The summed E-state index contributed by atoms with van der Waals surface area (Å²) in [5, 5.41) is 6.07. The van der Waals surface area contributed by atoms with Gasteiger partial charge in [-0.2, -0.15) is 13.2 Å². The van der Waals surface area contributed by atoms with E-state index < -0.39 is 21.8 Å². The van der Waals surface area contributed by atoms with Crippen molar-refractivity contribution in [2.45, 2.75) is 49.3 Å². The molecule has 1 heterocycles. The number of alkyl halides is 3. The number of sulfonamides is 1. The van der Waals surface area contributed by atoms with Gasteiger partial charge in [-0.1, -0.05) is 12.1 Å². The Morgan fingerprint density at radius 2 is 1.82 bits per heavy atom. The monoisotopic (exact) mass is 483 g/mol. The van der Waals surface area contributed by atoms with E-state index in [2.05, 4.69) is 15.4 Å². The van der Waals surface area contributed by atoms with Crippen LogP contribution in [0.1, 0.15) is 49.3 Å². The van der Waals surface area contributed by atoms with Crippen LogP contribution in [0, 0.1) is 5.92 Å². The second-order valence-corrected chi connectivity index (χ2v) is 10.3. The third-order valence-corrected chi connectivity index (χ3v) is 7.30.